The summed E-state index contributed by atoms with van der Waals surface area (Å²) in [7, 11) is 0. The molecule has 0 saturated heterocycles. The fourth-order valence-corrected chi connectivity index (χ4v) is 1.73. The van der Waals surface area contributed by atoms with Gasteiger partial charge in [-0.25, -0.2) is 0 Å². The number of nitro groups is 1. The standard InChI is InChI=1S/C13H14N4O2/c1-9-3-2-4-11(16-9)8-15-12-5-10(14)6-13(7-12)17(18)19/h2-7,15H,8,14H2,1H3. The lowest BCUT2D eigenvalue weighted by atomic mass is 10.2. The SMILES string of the molecule is Cc1cccc(CNc2cc(N)cc([N+](=O)[O-])c2)n1. The van der Waals surface area contributed by atoms with Crippen LogP contribution in [0.2, 0.25) is 0 Å². The third kappa shape index (κ3) is 3.41. The topological polar surface area (TPSA) is 94.1 Å². The quantitative estimate of drug-likeness (QED) is 0.499. The summed E-state index contributed by atoms with van der Waals surface area (Å²) in [6.07, 6.45) is 0. The van der Waals surface area contributed by atoms with Gasteiger partial charge >= 0.3 is 0 Å². The average Bonchev–Trinajstić information content (AvgIpc) is 2.36. The van der Waals surface area contributed by atoms with Crippen LogP contribution >= 0.6 is 0 Å². The molecule has 2 aromatic rings. The Labute approximate surface area is 110 Å². The van der Waals surface area contributed by atoms with Crippen LogP contribution in [-0.4, -0.2) is 9.91 Å². The third-order valence-corrected chi connectivity index (χ3v) is 2.57. The molecule has 98 valence electrons. The van der Waals surface area contributed by atoms with Crippen molar-refractivity contribution in [2.75, 3.05) is 11.1 Å². The van der Waals surface area contributed by atoms with E-state index in [0.717, 1.165) is 11.4 Å². The normalized spacial score (nSPS) is 10.2. The van der Waals surface area contributed by atoms with Gasteiger partial charge in [0.15, 0.2) is 0 Å². The summed E-state index contributed by atoms with van der Waals surface area (Å²) in [5, 5.41) is 13.8. The minimum absolute atomic E-state index is 0.0281. The molecule has 6 heteroatoms. The molecule has 0 fully saturated rings. The molecule has 0 spiro atoms. The Morgan fingerprint density at radius 1 is 1.37 bits per heavy atom. The maximum Gasteiger partial charge on any atom is 0.273 e. The van der Waals surface area contributed by atoms with Gasteiger partial charge in [0, 0.05) is 29.2 Å². The van der Waals surface area contributed by atoms with Gasteiger partial charge in [0.1, 0.15) is 0 Å². The number of pyridine rings is 1. The number of nitrogens with two attached hydrogens (primary N) is 1. The van der Waals surface area contributed by atoms with E-state index in [2.05, 4.69) is 10.3 Å². The minimum Gasteiger partial charge on any atom is -0.398 e. The number of nitrogens with one attached hydrogen (secondary N) is 1. The Bertz CT molecular complexity index is 613. The summed E-state index contributed by atoms with van der Waals surface area (Å²) in [5.41, 5.74) is 8.36. The summed E-state index contributed by atoms with van der Waals surface area (Å²) in [6.45, 7) is 2.40. The summed E-state index contributed by atoms with van der Waals surface area (Å²) in [4.78, 5) is 14.6. The zero-order chi connectivity index (χ0) is 13.8. The van der Waals surface area contributed by atoms with Gasteiger partial charge in [-0.05, 0) is 25.1 Å². The first-order valence-electron chi connectivity index (χ1n) is 5.76. The van der Waals surface area contributed by atoms with Crippen molar-refractivity contribution in [3.05, 3.63) is 57.9 Å². The first kappa shape index (κ1) is 12.8. The van der Waals surface area contributed by atoms with Crippen LogP contribution in [0.15, 0.2) is 36.4 Å². The molecule has 0 saturated carbocycles. The van der Waals surface area contributed by atoms with Gasteiger partial charge in [-0.15, -0.1) is 0 Å². The van der Waals surface area contributed by atoms with E-state index in [1.165, 1.54) is 12.1 Å². The van der Waals surface area contributed by atoms with Gasteiger partial charge in [-0.3, -0.25) is 15.1 Å². The number of aromatic nitrogens is 1. The van der Waals surface area contributed by atoms with Crippen molar-refractivity contribution in [2.45, 2.75) is 13.5 Å². The molecule has 0 aliphatic carbocycles. The van der Waals surface area contributed by atoms with Crippen molar-refractivity contribution in [3.63, 3.8) is 0 Å². The molecule has 0 aliphatic rings. The number of anilines is 2. The van der Waals surface area contributed by atoms with Crippen molar-refractivity contribution >= 4 is 17.1 Å². The number of nitrogen functional groups attached to an aromatic ring is 1. The number of aryl methyl sites for hydroxylation is 1. The zero-order valence-electron chi connectivity index (χ0n) is 10.5. The number of benzene rings is 1. The maximum atomic E-state index is 10.7. The van der Waals surface area contributed by atoms with Gasteiger partial charge in [0.05, 0.1) is 17.2 Å². The first-order chi connectivity index (χ1) is 9.04. The Hall–Kier alpha value is -2.63. The lowest BCUT2D eigenvalue weighted by Crippen LogP contribution is -2.03. The highest BCUT2D eigenvalue weighted by Gasteiger charge is 2.08. The van der Waals surface area contributed by atoms with Crippen LogP contribution in [0.1, 0.15) is 11.4 Å². The van der Waals surface area contributed by atoms with E-state index in [4.69, 9.17) is 5.73 Å². The van der Waals surface area contributed by atoms with Crippen molar-refractivity contribution in [1.82, 2.24) is 4.98 Å². The number of non-ortho nitro benzene ring substituents is 1. The van der Waals surface area contributed by atoms with Gasteiger partial charge < -0.3 is 11.1 Å². The Morgan fingerprint density at radius 3 is 2.84 bits per heavy atom. The van der Waals surface area contributed by atoms with E-state index < -0.39 is 4.92 Å². The average molecular weight is 258 g/mol. The molecule has 1 heterocycles. The van der Waals surface area contributed by atoms with Crippen molar-refractivity contribution < 1.29 is 4.92 Å². The summed E-state index contributed by atoms with van der Waals surface area (Å²) < 4.78 is 0. The summed E-state index contributed by atoms with van der Waals surface area (Å²) in [5.74, 6) is 0. The molecule has 1 aromatic heterocycles. The van der Waals surface area contributed by atoms with E-state index in [1.807, 2.05) is 25.1 Å². The molecule has 0 atom stereocenters. The summed E-state index contributed by atoms with van der Waals surface area (Å²) >= 11 is 0. The van der Waals surface area contributed by atoms with E-state index >= 15 is 0 Å². The van der Waals surface area contributed by atoms with Gasteiger partial charge in [-0.2, -0.15) is 0 Å². The second-order valence-electron chi connectivity index (χ2n) is 4.19. The molecule has 0 aliphatic heterocycles. The van der Waals surface area contributed by atoms with Crippen LogP contribution in [0.4, 0.5) is 17.1 Å². The van der Waals surface area contributed by atoms with Crippen LogP contribution in [0.5, 0.6) is 0 Å². The first-order valence-corrected chi connectivity index (χ1v) is 5.76. The maximum absolute atomic E-state index is 10.7. The van der Waals surface area contributed by atoms with E-state index in [1.54, 1.807) is 6.07 Å². The van der Waals surface area contributed by atoms with Crippen LogP contribution in [0, 0.1) is 17.0 Å². The van der Waals surface area contributed by atoms with Gasteiger partial charge in [-0.1, -0.05) is 6.07 Å². The van der Waals surface area contributed by atoms with Gasteiger partial charge in [0.2, 0.25) is 0 Å². The summed E-state index contributed by atoms with van der Waals surface area (Å²) in [6, 6.07) is 10.2. The minimum atomic E-state index is -0.466. The number of nitro benzene ring substituents is 1. The monoisotopic (exact) mass is 258 g/mol. The number of nitrogens with zero attached hydrogens (tertiary/aromatic N) is 2. The Balaban J connectivity index is 2.13. The van der Waals surface area contributed by atoms with Crippen molar-refractivity contribution in [2.24, 2.45) is 0 Å². The van der Waals surface area contributed by atoms with Crippen LogP contribution in [0.25, 0.3) is 0 Å². The highest BCUT2D eigenvalue weighted by Crippen LogP contribution is 2.22. The lowest BCUT2D eigenvalue weighted by Gasteiger charge is -2.07. The number of rotatable bonds is 4. The molecule has 0 unspecified atom stereocenters. The van der Waals surface area contributed by atoms with Gasteiger partial charge in [0.25, 0.3) is 5.69 Å². The lowest BCUT2D eigenvalue weighted by molar-refractivity contribution is -0.384. The predicted molar refractivity (Wildman–Crippen MR) is 73.8 cm³/mol. The molecule has 3 N–H and O–H groups in total. The zero-order valence-corrected chi connectivity index (χ0v) is 10.5. The Morgan fingerprint density at radius 2 is 2.16 bits per heavy atom. The second kappa shape index (κ2) is 5.34. The molecule has 0 amide bonds. The molecular formula is C13H14N4O2. The molecule has 0 radical (unpaired) electrons. The molecule has 19 heavy (non-hydrogen) atoms. The van der Waals surface area contributed by atoms with E-state index in [0.29, 0.717) is 17.9 Å². The molecule has 6 nitrogen and oxygen atoms in total. The molecule has 0 bridgehead atoms. The predicted octanol–water partition coefficient (Wildman–Crippen LogP) is 2.49. The van der Waals surface area contributed by atoms with Crippen molar-refractivity contribution in [3.8, 4) is 0 Å². The smallest absolute Gasteiger partial charge is 0.273 e. The van der Waals surface area contributed by atoms with Crippen molar-refractivity contribution in [1.29, 1.82) is 0 Å². The number of hydrogen-bond acceptors (Lipinski definition) is 5. The van der Waals surface area contributed by atoms with Crippen LogP contribution in [-0.2, 0) is 6.54 Å². The largest absolute Gasteiger partial charge is 0.398 e. The Kier molecular flexibility index (Phi) is 3.61. The fourth-order valence-electron chi connectivity index (χ4n) is 1.73. The third-order valence-electron chi connectivity index (χ3n) is 2.57. The molecular weight excluding hydrogens is 244 g/mol. The highest BCUT2D eigenvalue weighted by atomic mass is 16.6. The second-order valence-corrected chi connectivity index (χ2v) is 4.19. The number of hydrogen-bond donors (Lipinski definition) is 2. The highest BCUT2D eigenvalue weighted by molar-refractivity contribution is 5.61. The molecule has 2 rings (SSSR count). The van der Waals surface area contributed by atoms with E-state index in [-0.39, 0.29) is 5.69 Å². The van der Waals surface area contributed by atoms with E-state index in [9.17, 15) is 10.1 Å². The fraction of sp³-hybridized carbons (Fsp3) is 0.154. The van der Waals surface area contributed by atoms with Crippen LogP contribution in [0.3, 0.4) is 0 Å². The van der Waals surface area contributed by atoms with Crippen LogP contribution < -0.4 is 11.1 Å². The molecule has 1 aromatic carbocycles.